The van der Waals surface area contributed by atoms with Gasteiger partial charge in [-0.2, -0.15) is 11.8 Å². The van der Waals surface area contributed by atoms with Gasteiger partial charge in [0.25, 0.3) is 0 Å². The van der Waals surface area contributed by atoms with E-state index >= 15 is 0 Å². The summed E-state index contributed by atoms with van der Waals surface area (Å²) in [5.74, 6) is 2.20. The predicted octanol–water partition coefficient (Wildman–Crippen LogP) is 2.02. The summed E-state index contributed by atoms with van der Waals surface area (Å²) < 4.78 is 0. The summed E-state index contributed by atoms with van der Waals surface area (Å²) in [5.41, 5.74) is 6.57. The number of fused-ring (bicyclic) bond motifs is 1. The van der Waals surface area contributed by atoms with Crippen molar-refractivity contribution in [2.75, 3.05) is 39.0 Å². The van der Waals surface area contributed by atoms with Crippen LogP contribution in [0.1, 0.15) is 39.0 Å². The number of nitrogens with two attached hydrogens (primary N) is 1. The average Bonchev–Trinajstić information content (AvgIpc) is 2.48. The van der Waals surface area contributed by atoms with Crippen LogP contribution in [0.4, 0.5) is 0 Å². The van der Waals surface area contributed by atoms with Crippen LogP contribution in [-0.2, 0) is 0 Å². The van der Waals surface area contributed by atoms with Crippen LogP contribution in [0.2, 0.25) is 0 Å². The number of hydrogen-bond donors (Lipinski definition) is 1. The van der Waals surface area contributed by atoms with E-state index in [1.165, 1.54) is 57.5 Å². The highest BCUT2D eigenvalue weighted by atomic mass is 32.2. The van der Waals surface area contributed by atoms with Gasteiger partial charge in [-0.15, -0.1) is 0 Å². The van der Waals surface area contributed by atoms with Gasteiger partial charge in [0.2, 0.25) is 0 Å². The Labute approximate surface area is 128 Å². The molecule has 0 aliphatic carbocycles. The number of likely N-dealkylation sites (tertiary alicyclic amines) is 2. The zero-order valence-corrected chi connectivity index (χ0v) is 14.0. The van der Waals surface area contributed by atoms with E-state index in [4.69, 9.17) is 5.73 Å². The molecule has 3 rings (SSSR count). The quantitative estimate of drug-likeness (QED) is 0.845. The number of thioether (sulfide) groups is 1. The van der Waals surface area contributed by atoms with Gasteiger partial charge in [0.1, 0.15) is 0 Å². The third-order valence-electron chi connectivity index (χ3n) is 6.21. The van der Waals surface area contributed by atoms with Crippen LogP contribution in [0, 0.1) is 5.92 Å². The molecule has 0 bridgehead atoms. The lowest BCUT2D eigenvalue weighted by molar-refractivity contribution is -0.0183. The highest BCUT2D eigenvalue weighted by molar-refractivity contribution is 8.00. The maximum Gasteiger partial charge on any atom is 0.0447 e. The van der Waals surface area contributed by atoms with Gasteiger partial charge >= 0.3 is 0 Å². The summed E-state index contributed by atoms with van der Waals surface area (Å²) in [6.07, 6.45) is 6.81. The van der Waals surface area contributed by atoms with Gasteiger partial charge < -0.3 is 10.6 Å². The van der Waals surface area contributed by atoms with Crippen molar-refractivity contribution in [1.82, 2.24) is 9.80 Å². The fraction of sp³-hybridized carbons (Fsp3) is 1.00. The molecule has 0 spiro atoms. The molecule has 4 heteroatoms. The fourth-order valence-electron chi connectivity index (χ4n) is 4.87. The second kappa shape index (κ2) is 6.15. The van der Waals surface area contributed by atoms with Crippen molar-refractivity contribution in [3.8, 4) is 0 Å². The van der Waals surface area contributed by atoms with Crippen molar-refractivity contribution in [2.45, 2.75) is 55.9 Å². The molecule has 0 amide bonds. The molecular weight excluding hydrogens is 266 g/mol. The second-order valence-electron chi connectivity index (χ2n) is 7.11. The number of hydrogen-bond acceptors (Lipinski definition) is 4. The van der Waals surface area contributed by atoms with Crippen molar-refractivity contribution < 1.29 is 0 Å². The van der Waals surface area contributed by atoms with Crippen LogP contribution in [-0.4, -0.2) is 65.6 Å². The number of rotatable bonds is 2. The standard InChI is InChI=1S/C16H31N3S/c1-13-16(12-17,7-4-10-20-13)19-9-6-15-14(11-19)5-3-8-18(15)2/h13-15H,3-12,17H2,1-2H3. The lowest BCUT2D eigenvalue weighted by Crippen LogP contribution is -2.65. The molecule has 3 heterocycles. The Morgan fingerprint density at radius 1 is 1.25 bits per heavy atom. The molecule has 116 valence electrons. The minimum atomic E-state index is 0.282. The third-order valence-corrected chi connectivity index (χ3v) is 7.67. The summed E-state index contributed by atoms with van der Waals surface area (Å²) in [5, 5.41) is 0.694. The minimum Gasteiger partial charge on any atom is -0.329 e. The normalized spacial score (nSPS) is 44.2. The van der Waals surface area contributed by atoms with Crippen molar-refractivity contribution >= 4 is 11.8 Å². The van der Waals surface area contributed by atoms with Crippen LogP contribution in [0.3, 0.4) is 0 Å². The molecule has 3 aliphatic heterocycles. The molecule has 0 radical (unpaired) electrons. The molecule has 0 saturated carbocycles. The van der Waals surface area contributed by atoms with Crippen LogP contribution in [0.15, 0.2) is 0 Å². The van der Waals surface area contributed by atoms with E-state index in [0.717, 1.165) is 18.5 Å². The van der Waals surface area contributed by atoms with E-state index < -0.39 is 0 Å². The zero-order valence-electron chi connectivity index (χ0n) is 13.2. The summed E-state index contributed by atoms with van der Waals surface area (Å²) >= 11 is 2.14. The van der Waals surface area contributed by atoms with E-state index in [1.807, 2.05) is 0 Å². The monoisotopic (exact) mass is 297 g/mol. The molecule has 20 heavy (non-hydrogen) atoms. The van der Waals surface area contributed by atoms with Crippen molar-refractivity contribution in [3.05, 3.63) is 0 Å². The second-order valence-corrected chi connectivity index (χ2v) is 8.56. The Hall–Kier alpha value is 0.230. The zero-order chi connectivity index (χ0) is 14.2. The van der Waals surface area contributed by atoms with Gasteiger partial charge in [-0.1, -0.05) is 6.92 Å². The lowest BCUT2D eigenvalue weighted by Gasteiger charge is -2.55. The first-order valence-corrected chi connectivity index (χ1v) is 9.49. The maximum absolute atomic E-state index is 6.29. The number of nitrogens with zero attached hydrogens (tertiary/aromatic N) is 2. The first-order chi connectivity index (χ1) is 9.67. The van der Waals surface area contributed by atoms with Gasteiger partial charge in [0, 0.05) is 36.5 Å². The third kappa shape index (κ3) is 2.53. The summed E-state index contributed by atoms with van der Waals surface area (Å²) in [6.45, 7) is 7.10. The molecular formula is C16H31N3S. The average molecular weight is 298 g/mol. The largest absolute Gasteiger partial charge is 0.329 e. The Balaban J connectivity index is 1.74. The first-order valence-electron chi connectivity index (χ1n) is 8.44. The number of piperidine rings is 2. The van der Waals surface area contributed by atoms with Gasteiger partial charge in [-0.25, -0.2) is 0 Å². The highest BCUT2D eigenvalue weighted by Crippen LogP contribution is 2.41. The maximum atomic E-state index is 6.29. The van der Waals surface area contributed by atoms with Crippen LogP contribution in [0.5, 0.6) is 0 Å². The Kier molecular flexibility index (Phi) is 4.66. The molecule has 3 aliphatic rings. The van der Waals surface area contributed by atoms with Crippen molar-refractivity contribution in [3.63, 3.8) is 0 Å². The molecule has 0 aromatic heterocycles. The smallest absolute Gasteiger partial charge is 0.0447 e. The molecule has 3 saturated heterocycles. The van der Waals surface area contributed by atoms with Crippen LogP contribution in [0.25, 0.3) is 0 Å². The van der Waals surface area contributed by atoms with E-state index in [9.17, 15) is 0 Å². The fourth-order valence-corrected chi connectivity index (χ4v) is 6.20. The Morgan fingerprint density at radius 3 is 2.85 bits per heavy atom. The summed E-state index contributed by atoms with van der Waals surface area (Å²) in [4.78, 5) is 5.41. The molecule has 4 atom stereocenters. The lowest BCUT2D eigenvalue weighted by atomic mass is 9.79. The van der Waals surface area contributed by atoms with E-state index in [2.05, 4.69) is 35.5 Å². The van der Waals surface area contributed by atoms with Crippen LogP contribution < -0.4 is 5.73 Å². The van der Waals surface area contributed by atoms with E-state index in [-0.39, 0.29) is 5.54 Å². The molecule has 3 fully saturated rings. The summed E-state index contributed by atoms with van der Waals surface area (Å²) in [6, 6.07) is 0.835. The first kappa shape index (κ1) is 15.1. The summed E-state index contributed by atoms with van der Waals surface area (Å²) in [7, 11) is 2.32. The predicted molar refractivity (Wildman–Crippen MR) is 88.3 cm³/mol. The molecule has 2 N–H and O–H groups in total. The Morgan fingerprint density at radius 2 is 2.10 bits per heavy atom. The molecule has 0 aromatic rings. The Bertz CT molecular complexity index is 338. The van der Waals surface area contributed by atoms with Gasteiger partial charge in [-0.3, -0.25) is 4.90 Å². The van der Waals surface area contributed by atoms with Crippen molar-refractivity contribution in [1.29, 1.82) is 0 Å². The van der Waals surface area contributed by atoms with E-state index in [1.54, 1.807) is 0 Å². The van der Waals surface area contributed by atoms with Crippen LogP contribution >= 0.6 is 11.8 Å². The van der Waals surface area contributed by atoms with Gasteiger partial charge in [-0.05, 0) is 57.4 Å². The topological polar surface area (TPSA) is 32.5 Å². The van der Waals surface area contributed by atoms with Gasteiger partial charge in [0.15, 0.2) is 0 Å². The van der Waals surface area contributed by atoms with Gasteiger partial charge in [0.05, 0.1) is 0 Å². The highest BCUT2D eigenvalue weighted by Gasteiger charge is 2.46. The SMILES string of the molecule is CC1SCCCC1(CN)N1CCC2C(CCCN2C)C1. The van der Waals surface area contributed by atoms with Crippen molar-refractivity contribution in [2.24, 2.45) is 11.7 Å². The molecule has 3 nitrogen and oxygen atoms in total. The minimum absolute atomic E-state index is 0.282. The molecule has 0 aromatic carbocycles. The molecule has 4 unspecified atom stereocenters. The van der Waals surface area contributed by atoms with E-state index in [0.29, 0.717) is 5.25 Å².